The van der Waals surface area contributed by atoms with Crippen molar-refractivity contribution in [3.63, 3.8) is 0 Å². The summed E-state index contributed by atoms with van der Waals surface area (Å²) in [5.41, 5.74) is -0.397. The van der Waals surface area contributed by atoms with Crippen molar-refractivity contribution in [2.75, 3.05) is 0 Å². The molecule has 112 valence electrons. The maximum atomic E-state index is 12.7. The Bertz CT molecular complexity index is 675. The summed E-state index contributed by atoms with van der Waals surface area (Å²) in [6, 6.07) is 4.60. The van der Waals surface area contributed by atoms with E-state index in [0.29, 0.717) is 5.69 Å². The third kappa shape index (κ3) is 3.07. The first kappa shape index (κ1) is 15.1. The number of alkyl halides is 3. The van der Waals surface area contributed by atoms with Crippen LogP contribution in [0.4, 0.5) is 13.2 Å². The molecule has 21 heavy (non-hydrogen) atoms. The number of nitrogens with zero attached hydrogens (tertiary/aromatic N) is 1. The van der Waals surface area contributed by atoms with Crippen LogP contribution in [0, 0.1) is 0 Å². The highest BCUT2D eigenvalue weighted by molar-refractivity contribution is 5.88. The maximum Gasteiger partial charge on any atom is 0.416 e. The van der Waals surface area contributed by atoms with Crippen molar-refractivity contribution >= 4 is 5.97 Å². The largest absolute Gasteiger partial charge is 0.476 e. The summed E-state index contributed by atoms with van der Waals surface area (Å²) >= 11 is 0. The summed E-state index contributed by atoms with van der Waals surface area (Å²) in [6.45, 7) is 3.55. The molecular weight excluding hydrogens is 285 g/mol. The van der Waals surface area contributed by atoms with E-state index in [1.807, 2.05) is 0 Å². The minimum Gasteiger partial charge on any atom is -0.476 e. The summed E-state index contributed by atoms with van der Waals surface area (Å²) in [7, 11) is 0. The van der Waals surface area contributed by atoms with E-state index in [1.54, 1.807) is 13.8 Å². The molecule has 0 amide bonds. The number of carboxylic acid groups (broad SMARTS) is 1. The number of benzene rings is 1. The van der Waals surface area contributed by atoms with Gasteiger partial charge in [0.2, 0.25) is 0 Å². The van der Waals surface area contributed by atoms with Gasteiger partial charge in [-0.05, 0) is 18.1 Å². The van der Waals surface area contributed by atoms with Crippen molar-refractivity contribution in [1.82, 2.24) is 9.97 Å². The molecule has 0 bridgehead atoms. The number of aromatic carboxylic acids is 1. The number of halogens is 3. The van der Waals surface area contributed by atoms with E-state index in [2.05, 4.69) is 9.97 Å². The zero-order valence-electron chi connectivity index (χ0n) is 11.3. The summed E-state index contributed by atoms with van der Waals surface area (Å²) in [6.07, 6.45) is -4.46. The Balaban J connectivity index is 2.53. The molecular formula is C14H13F3N2O2. The van der Waals surface area contributed by atoms with Gasteiger partial charge in [0.25, 0.3) is 0 Å². The quantitative estimate of drug-likeness (QED) is 0.902. The van der Waals surface area contributed by atoms with Crippen LogP contribution in [0.25, 0.3) is 11.4 Å². The molecule has 0 unspecified atom stereocenters. The van der Waals surface area contributed by atoms with Gasteiger partial charge in [-0.25, -0.2) is 9.78 Å². The van der Waals surface area contributed by atoms with Gasteiger partial charge in [-0.2, -0.15) is 13.2 Å². The molecule has 2 aromatic rings. The van der Waals surface area contributed by atoms with E-state index in [4.69, 9.17) is 5.11 Å². The first-order chi connectivity index (χ1) is 9.70. The molecule has 1 aromatic carbocycles. The topological polar surface area (TPSA) is 66.0 Å². The van der Waals surface area contributed by atoms with E-state index >= 15 is 0 Å². The number of carboxylic acids is 1. The van der Waals surface area contributed by atoms with Crippen molar-refractivity contribution in [3.8, 4) is 11.4 Å². The van der Waals surface area contributed by atoms with Crippen molar-refractivity contribution < 1.29 is 23.1 Å². The molecule has 7 heteroatoms. The van der Waals surface area contributed by atoms with Crippen LogP contribution in [0.2, 0.25) is 0 Å². The van der Waals surface area contributed by atoms with Crippen molar-refractivity contribution in [3.05, 3.63) is 41.2 Å². The van der Waals surface area contributed by atoms with Gasteiger partial charge in [0, 0.05) is 5.56 Å². The highest BCUT2D eigenvalue weighted by Crippen LogP contribution is 2.32. The molecule has 0 saturated heterocycles. The SMILES string of the molecule is CC(C)c1[nH]c(-c2cccc(C(F)(F)F)c2)nc1C(=O)O. The zero-order chi connectivity index (χ0) is 15.8. The lowest BCUT2D eigenvalue weighted by Crippen LogP contribution is -2.04. The van der Waals surface area contributed by atoms with Crippen LogP contribution in [0.5, 0.6) is 0 Å². The molecule has 0 saturated carbocycles. The zero-order valence-corrected chi connectivity index (χ0v) is 11.3. The molecule has 2 rings (SSSR count). The highest BCUT2D eigenvalue weighted by atomic mass is 19.4. The summed E-state index contributed by atoms with van der Waals surface area (Å²) in [5, 5.41) is 9.10. The van der Waals surface area contributed by atoms with E-state index in [1.165, 1.54) is 12.1 Å². The predicted molar refractivity (Wildman–Crippen MR) is 70.1 cm³/mol. The van der Waals surface area contributed by atoms with Crippen LogP contribution in [-0.4, -0.2) is 21.0 Å². The predicted octanol–water partition coefficient (Wildman–Crippen LogP) is 3.92. The lowest BCUT2D eigenvalue weighted by Gasteiger charge is -2.07. The monoisotopic (exact) mass is 298 g/mol. The molecule has 0 atom stereocenters. The first-order valence-electron chi connectivity index (χ1n) is 6.21. The molecule has 0 radical (unpaired) electrons. The second-order valence-corrected chi connectivity index (χ2v) is 4.89. The van der Waals surface area contributed by atoms with Crippen LogP contribution < -0.4 is 0 Å². The van der Waals surface area contributed by atoms with Crippen LogP contribution in [0.1, 0.15) is 41.5 Å². The number of rotatable bonds is 3. The fourth-order valence-electron chi connectivity index (χ4n) is 1.95. The molecule has 4 nitrogen and oxygen atoms in total. The number of carbonyl (C=O) groups is 1. The van der Waals surface area contributed by atoms with E-state index in [0.717, 1.165) is 12.1 Å². The average molecular weight is 298 g/mol. The van der Waals surface area contributed by atoms with Gasteiger partial charge < -0.3 is 10.1 Å². The molecule has 1 heterocycles. The Hall–Kier alpha value is -2.31. The Morgan fingerprint density at radius 2 is 2.00 bits per heavy atom. The molecule has 2 N–H and O–H groups in total. The molecule has 0 spiro atoms. The molecule has 0 fully saturated rings. The van der Waals surface area contributed by atoms with Gasteiger partial charge >= 0.3 is 12.1 Å². The van der Waals surface area contributed by atoms with Crippen LogP contribution in [-0.2, 0) is 6.18 Å². The average Bonchev–Trinajstić information content (AvgIpc) is 2.83. The third-order valence-corrected chi connectivity index (χ3v) is 2.98. The third-order valence-electron chi connectivity index (χ3n) is 2.98. The Morgan fingerprint density at radius 1 is 1.33 bits per heavy atom. The number of hydrogen-bond acceptors (Lipinski definition) is 2. The van der Waals surface area contributed by atoms with E-state index in [-0.39, 0.29) is 23.0 Å². The van der Waals surface area contributed by atoms with Gasteiger partial charge in [-0.15, -0.1) is 0 Å². The second-order valence-electron chi connectivity index (χ2n) is 4.89. The van der Waals surface area contributed by atoms with Crippen molar-refractivity contribution in [2.24, 2.45) is 0 Å². The fourth-order valence-corrected chi connectivity index (χ4v) is 1.95. The van der Waals surface area contributed by atoms with E-state index in [9.17, 15) is 18.0 Å². The maximum absolute atomic E-state index is 12.7. The normalized spacial score (nSPS) is 11.9. The number of H-pyrrole nitrogens is 1. The lowest BCUT2D eigenvalue weighted by atomic mass is 10.1. The van der Waals surface area contributed by atoms with Crippen LogP contribution >= 0.6 is 0 Å². The number of hydrogen-bond donors (Lipinski definition) is 2. The molecule has 1 aromatic heterocycles. The van der Waals surface area contributed by atoms with Gasteiger partial charge in [-0.1, -0.05) is 26.0 Å². The Labute approximate surface area is 118 Å². The number of aromatic amines is 1. The highest BCUT2D eigenvalue weighted by Gasteiger charge is 2.31. The summed E-state index contributed by atoms with van der Waals surface area (Å²) < 4.78 is 38.1. The molecule has 0 aliphatic rings. The van der Waals surface area contributed by atoms with Crippen LogP contribution in [0.3, 0.4) is 0 Å². The lowest BCUT2D eigenvalue weighted by molar-refractivity contribution is -0.137. The van der Waals surface area contributed by atoms with Gasteiger partial charge in [0.05, 0.1) is 11.3 Å². The Morgan fingerprint density at radius 3 is 2.48 bits per heavy atom. The Kier molecular flexibility index (Phi) is 3.76. The smallest absolute Gasteiger partial charge is 0.416 e. The second kappa shape index (κ2) is 5.23. The van der Waals surface area contributed by atoms with Gasteiger partial charge in [0.15, 0.2) is 5.69 Å². The minimum atomic E-state index is -4.46. The van der Waals surface area contributed by atoms with Crippen molar-refractivity contribution in [2.45, 2.75) is 25.9 Å². The number of imidazole rings is 1. The number of aromatic nitrogens is 2. The number of nitrogens with one attached hydrogen (secondary N) is 1. The van der Waals surface area contributed by atoms with E-state index < -0.39 is 17.7 Å². The standard InChI is InChI=1S/C14H13F3N2O2/c1-7(2)10-11(13(20)21)19-12(18-10)8-4-3-5-9(6-8)14(15,16)17/h3-7H,1-2H3,(H,18,19)(H,20,21). The summed E-state index contributed by atoms with van der Waals surface area (Å²) in [4.78, 5) is 17.8. The minimum absolute atomic E-state index is 0.113. The van der Waals surface area contributed by atoms with Gasteiger partial charge in [-0.3, -0.25) is 0 Å². The van der Waals surface area contributed by atoms with Crippen molar-refractivity contribution in [1.29, 1.82) is 0 Å². The molecule has 0 aliphatic carbocycles. The molecule has 0 aliphatic heterocycles. The first-order valence-corrected chi connectivity index (χ1v) is 6.21. The summed E-state index contributed by atoms with van der Waals surface area (Å²) in [5.74, 6) is -1.24. The fraction of sp³-hybridized carbons (Fsp3) is 0.286. The van der Waals surface area contributed by atoms with Gasteiger partial charge in [0.1, 0.15) is 5.82 Å². The van der Waals surface area contributed by atoms with Crippen LogP contribution in [0.15, 0.2) is 24.3 Å².